The second kappa shape index (κ2) is 8.80. The van der Waals surface area contributed by atoms with E-state index < -0.39 is 0 Å². The summed E-state index contributed by atoms with van der Waals surface area (Å²) in [4.78, 5) is 4.72. The van der Waals surface area contributed by atoms with E-state index in [1.807, 2.05) is 18.2 Å². The SMILES string of the molecule is CCCCCNCCc1nc(-c2ccccc2OC)cs1. The minimum Gasteiger partial charge on any atom is -0.496 e. The molecule has 0 aliphatic rings. The third-order valence-electron chi connectivity index (χ3n) is 3.41. The highest BCUT2D eigenvalue weighted by atomic mass is 32.1. The van der Waals surface area contributed by atoms with Crippen LogP contribution in [0.1, 0.15) is 31.2 Å². The smallest absolute Gasteiger partial charge is 0.128 e. The first-order valence-electron chi connectivity index (χ1n) is 7.63. The Morgan fingerprint density at radius 1 is 1.19 bits per heavy atom. The minimum atomic E-state index is 0.882. The average Bonchev–Trinajstić information content (AvgIpc) is 2.99. The number of aromatic nitrogens is 1. The zero-order chi connectivity index (χ0) is 14.9. The molecule has 0 unspecified atom stereocenters. The van der Waals surface area contributed by atoms with Gasteiger partial charge in [-0.05, 0) is 25.1 Å². The van der Waals surface area contributed by atoms with Gasteiger partial charge in [-0.15, -0.1) is 11.3 Å². The number of hydrogen-bond acceptors (Lipinski definition) is 4. The van der Waals surface area contributed by atoms with Crippen LogP contribution < -0.4 is 10.1 Å². The van der Waals surface area contributed by atoms with E-state index in [0.29, 0.717) is 0 Å². The Labute approximate surface area is 131 Å². The van der Waals surface area contributed by atoms with Crippen molar-refractivity contribution < 1.29 is 4.74 Å². The quantitative estimate of drug-likeness (QED) is 0.707. The van der Waals surface area contributed by atoms with Crippen LogP contribution in [-0.2, 0) is 6.42 Å². The van der Waals surface area contributed by atoms with Gasteiger partial charge in [0, 0.05) is 23.9 Å². The third kappa shape index (κ3) is 4.83. The molecule has 0 spiro atoms. The van der Waals surface area contributed by atoms with Crippen LogP contribution >= 0.6 is 11.3 Å². The molecule has 0 bridgehead atoms. The second-order valence-electron chi connectivity index (χ2n) is 5.03. The summed E-state index contributed by atoms with van der Waals surface area (Å²) in [5.74, 6) is 0.882. The van der Waals surface area contributed by atoms with Gasteiger partial charge in [0.1, 0.15) is 5.75 Å². The van der Waals surface area contributed by atoms with Gasteiger partial charge in [-0.25, -0.2) is 4.98 Å². The van der Waals surface area contributed by atoms with Crippen LogP contribution in [0.3, 0.4) is 0 Å². The number of nitrogens with zero attached hydrogens (tertiary/aromatic N) is 1. The monoisotopic (exact) mass is 304 g/mol. The Balaban J connectivity index is 1.87. The van der Waals surface area contributed by atoms with Crippen LogP contribution in [0.15, 0.2) is 29.6 Å². The molecule has 0 aliphatic heterocycles. The molecule has 0 aliphatic carbocycles. The van der Waals surface area contributed by atoms with E-state index in [0.717, 1.165) is 36.5 Å². The van der Waals surface area contributed by atoms with E-state index >= 15 is 0 Å². The van der Waals surface area contributed by atoms with Crippen molar-refractivity contribution in [1.29, 1.82) is 0 Å². The van der Waals surface area contributed by atoms with Crippen LogP contribution in [-0.4, -0.2) is 25.2 Å². The van der Waals surface area contributed by atoms with Crippen molar-refractivity contribution in [3.05, 3.63) is 34.7 Å². The molecule has 1 aromatic heterocycles. The maximum atomic E-state index is 5.40. The van der Waals surface area contributed by atoms with Gasteiger partial charge in [-0.3, -0.25) is 0 Å². The number of benzene rings is 1. The van der Waals surface area contributed by atoms with Gasteiger partial charge in [0.25, 0.3) is 0 Å². The van der Waals surface area contributed by atoms with Gasteiger partial charge in [0.05, 0.1) is 17.8 Å². The van der Waals surface area contributed by atoms with Crippen molar-refractivity contribution in [2.75, 3.05) is 20.2 Å². The molecule has 1 aromatic carbocycles. The first-order chi connectivity index (χ1) is 10.3. The highest BCUT2D eigenvalue weighted by Crippen LogP contribution is 2.30. The van der Waals surface area contributed by atoms with E-state index in [-0.39, 0.29) is 0 Å². The molecule has 0 fully saturated rings. The Kier molecular flexibility index (Phi) is 6.70. The highest BCUT2D eigenvalue weighted by Gasteiger charge is 2.08. The number of hydrogen-bond donors (Lipinski definition) is 1. The molecule has 1 heterocycles. The lowest BCUT2D eigenvalue weighted by Gasteiger charge is -2.05. The number of ether oxygens (including phenoxy) is 1. The van der Waals surface area contributed by atoms with Crippen molar-refractivity contribution in [1.82, 2.24) is 10.3 Å². The maximum Gasteiger partial charge on any atom is 0.128 e. The molecule has 0 atom stereocenters. The fourth-order valence-electron chi connectivity index (χ4n) is 2.23. The maximum absolute atomic E-state index is 5.40. The number of methoxy groups -OCH3 is 1. The van der Waals surface area contributed by atoms with Crippen LogP contribution in [0.4, 0.5) is 0 Å². The summed E-state index contributed by atoms with van der Waals surface area (Å²) in [5, 5.41) is 6.78. The topological polar surface area (TPSA) is 34.2 Å². The lowest BCUT2D eigenvalue weighted by Crippen LogP contribution is -2.18. The van der Waals surface area contributed by atoms with Gasteiger partial charge < -0.3 is 10.1 Å². The van der Waals surface area contributed by atoms with Crippen molar-refractivity contribution in [3.63, 3.8) is 0 Å². The molecule has 114 valence electrons. The first-order valence-corrected chi connectivity index (χ1v) is 8.51. The van der Waals surface area contributed by atoms with E-state index in [2.05, 4.69) is 23.7 Å². The predicted molar refractivity (Wildman–Crippen MR) is 90.2 cm³/mol. The number of unbranched alkanes of at least 4 members (excludes halogenated alkanes) is 2. The summed E-state index contributed by atoms with van der Waals surface area (Å²) in [5.41, 5.74) is 2.08. The van der Waals surface area contributed by atoms with Crippen LogP contribution in [0, 0.1) is 0 Å². The molecule has 0 amide bonds. The molecule has 0 radical (unpaired) electrons. The lowest BCUT2D eigenvalue weighted by atomic mass is 10.1. The summed E-state index contributed by atoms with van der Waals surface area (Å²) in [6, 6.07) is 8.03. The molecule has 21 heavy (non-hydrogen) atoms. The van der Waals surface area contributed by atoms with Gasteiger partial charge in [-0.1, -0.05) is 31.9 Å². The molecule has 4 heteroatoms. The largest absolute Gasteiger partial charge is 0.496 e. The standard InChI is InChI=1S/C17H24N2OS/c1-3-4-7-11-18-12-10-17-19-15(13-21-17)14-8-5-6-9-16(14)20-2/h5-6,8-9,13,18H,3-4,7,10-12H2,1-2H3. The van der Waals surface area contributed by atoms with E-state index in [9.17, 15) is 0 Å². The zero-order valence-electron chi connectivity index (χ0n) is 12.9. The molecule has 0 saturated carbocycles. The summed E-state index contributed by atoms with van der Waals surface area (Å²) < 4.78 is 5.40. The van der Waals surface area contributed by atoms with Crippen molar-refractivity contribution >= 4 is 11.3 Å². The fourth-order valence-corrected chi connectivity index (χ4v) is 3.02. The second-order valence-corrected chi connectivity index (χ2v) is 5.98. The van der Waals surface area contributed by atoms with Crippen LogP contribution in [0.5, 0.6) is 5.75 Å². The molecule has 2 rings (SSSR count). The van der Waals surface area contributed by atoms with Crippen LogP contribution in [0.25, 0.3) is 11.3 Å². The first kappa shape index (κ1) is 16.0. The zero-order valence-corrected chi connectivity index (χ0v) is 13.7. The number of thiazole rings is 1. The predicted octanol–water partition coefficient (Wildman–Crippen LogP) is 4.14. The Bertz CT molecular complexity index is 539. The molecule has 2 aromatic rings. The van der Waals surface area contributed by atoms with Gasteiger partial charge >= 0.3 is 0 Å². The lowest BCUT2D eigenvalue weighted by molar-refractivity contribution is 0.416. The van der Waals surface area contributed by atoms with E-state index in [1.165, 1.54) is 24.3 Å². The van der Waals surface area contributed by atoms with Crippen molar-refractivity contribution in [2.24, 2.45) is 0 Å². The molecule has 3 nitrogen and oxygen atoms in total. The third-order valence-corrected chi connectivity index (χ3v) is 4.32. The van der Waals surface area contributed by atoms with Crippen molar-refractivity contribution in [3.8, 4) is 17.0 Å². The van der Waals surface area contributed by atoms with Gasteiger partial charge in [0.15, 0.2) is 0 Å². The molecule has 1 N–H and O–H groups in total. The van der Waals surface area contributed by atoms with Gasteiger partial charge in [0.2, 0.25) is 0 Å². The molecular formula is C17H24N2OS. The Morgan fingerprint density at radius 3 is 2.86 bits per heavy atom. The number of nitrogens with one attached hydrogen (secondary N) is 1. The summed E-state index contributed by atoms with van der Waals surface area (Å²) in [6.45, 7) is 4.34. The number of para-hydroxylation sites is 1. The van der Waals surface area contributed by atoms with Gasteiger partial charge in [-0.2, -0.15) is 0 Å². The van der Waals surface area contributed by atoms with E-state index in [4.69, 9.17) is 9.72 Å². The minimum absolute atomic E-state index is 0.882. The highest BCUT2D eigenvalue weighted by molar-refractivity contribution is 7.09. The Hall–Kier alpha value is -1.39. The summed E-state index contributed by atoms with van der Waals surface area (Å²) >= 11 is 1.73. The summed E-state index contributed by atoms with van der Waals surface area (Å²) in [6.07, 6.45) is 4.84. The average molecular weight is 304 g/mol. The normalized spacial score (nSPS) is 10.8. The molecular weight excluding hydrogens is 280 g/mol. The Morgan fingerprint density at radius 2 is 2.05 bits per heavy atom. The van der Waals surface area contributed by atoms with Crippen LogP contribution in [0.2, 0.25) is 0 Å². The molecule has 0 saturated heterocycles. The number of rotatable bonds is 9. The summed E-state index contributed by atoms with van der Waals surface area (Å²) in [7, 11) is 1.70. The van der Waals surface area contributed by atoms with Crippen molar-refractivity contribution in [2.45, 2.75) is 32.6 Å². The fraction of sp³-hybridized carbons (Fsp3) is 0.471. The van der Waals surface area contributed by atoms with E-state index in [1.54, 1.807) is 18.4 Å².